The van der Waals surface area contributed by atoms with Gasteiger partial charge in [0.05, 0.1) is 25.0 Å². The molecule has 1 aromatic carbocycles. The number of carbonyl (C=O) groups excluding carboxylic acids is 1. The van der Waals surface area contributed by atoms with E-state index < -0.39 is 9.84 Å². The number of nitrogens with one attached hydrogen (secondary N) is 1. The lowest BCUT2D eigenvalue weighted by molar-refractivity contribution is -0.116. The maximum absolute atomic E-state index is 12.2. The summed E-state index contributed by atoms with van der Waals surface area (Å²) in [5.74, 6) is -0.293. The van der Waals surface area contributed by atoms with Crippen LogP contribution in [0.25, 0.3) is 10.6 Å². The zero-order chi connectivity index (χ0) is 18.6. The topological polar surface area (TPSA) is 76.1 Å². The van der Waals surface area contributed by atoms with Crippen molar-refractivity contribution in [2.75, 3.05) is 11.1 Å². The van der Waals surface area contributed by atoms with Crippen LogP contribution in [0.5, 0.6) is 0 Å². The van der Waals surface area contributed by atoms with Crippen molar-refractivity contribution in [1.82, 2.24) is 4.98 Å². The molecule has 0 atom stereocenters. The molecule has 0 unspecified atom stereocenters. The van der Waals surface area contributed by atoms with E-state index in [1.54, 1.807) is 41.7 Å². The summed E-state index contributed by atoms with van der Waals surface area (Å²) in [7, 11) is -3.35. The first-order valence-corrected chi connectivity index (χ1v) is 11.9. The molecule has 0 aliphatic rings. The molecule has 0 fully saturated rings. The Kier molecular flexibility index (Phi) is 6.23. The number of benzene rings is 1. The molecule has 2 heterocycles. The molecular formula is C17H15BrN2O3S3. The van der Waals surface area contributed by atoms with Gasteiger partial charge in [-0.25, -0.2) is 13.4 Å². The number of thiophene rings is 1. The molecule has 3 aromatic rings. The van der Waals surface area contributed by atoms with Crippen LogP contribution in [0.15, 0.2) is 56.5 Å². The van der Waals surface area contributed by atoms with Crippen LogP contribution < -0.4 is 5.32 Å². The smallest absolute Gasteiger partial charge is 0.226 e. The first kappa shape index (κ1) is 19.2. The Morgan fingerprint density at radius 3 is 2.62 bits per heavy atom. The Balaban J connectivity index is 1.51. The number of rotatable bonds is 7. The average molecular weight is 471 g/mol. The number of amides is 1. The van der Waals surface area contributed by atoms with Crippen molar-refractivity contribution in [3.63, 3.8) is 0 Å². The molecule has 5 nitrogen and oxygen atoms in total. The maximum Gasteiger partial charge on any atom is 0.226 e. The van der Waals surface area contributed by atoms with Crippen LogP contribution >= 0.6 is 38.6 Å². The van der Waals surface area contributed by atoms with Gasteiger partial charge in [-0.15, -0.1) is 22.7 Å². The molecule has 26 heavy (non-hydrogen) atoms. The fourth-order valence-electron chi connectivity index (χ4n) is 2.25. The summed E-state index contributed by atoms with van der Waals surface area (Å²) in [5, 5.41) is 5.13. The number of nitrogens with zero attached hydrogens (tertiary/aromatic N) is 1. The van der Waals surface area contributed by atoms with Gasteiger partial charge in [0.2, 0.25) is 5.91 Å². The summed E-state index contributed by atoms with van der Waals surface area (Å²) in [6, 6.07) is 12.2. The van der Waals surface area contributed by atoms with E-state index in [-0.39, 0.29) is 29.4 Å². The molecule has 9 heteroatoms. The molecule has 136 valence electrons. The molecule has 2 aromatic heterocycles. The molecule has 0 bridgehead atoms. The molecule has 0 saturated heterocycles. The van der Waals surface area contributed by atoms with Gasteiger partial charge in [0.15, 0.2) is 15.0 Å². The summed E-state index contributed by atoms with van der Waals surface area (Å²) in [5.41, 5.74) is 0.813. The first-order valence-electron chi connectivity index (χ1n) is 7.73. The second kappa shape index (κ2) is 8.43. The Bertz CT molecular complexity index is 997. The monoisotopic (exact) mass is 470 g/mol. The van der Waals surface area contributed by atoms with Gasteiger partial charge in [0.25, 0.3) is 0 Å². The van der Waals surface area contributed by atoms with E-state index in [1.165, 1.54) is 11.3 Å². The number of anilines is 1. The highest BCUT2D eigenvalue weighted by Gasteiger charge is 2.15. The Hall–Kier alpha value is -1.55. The molecular weight excluding hydrogens is 456 g/mol. The number of sulfone groups is 1. The van der Waals surface area contributed by atoms with E-state index in [9.17, 15) is 13.2 Å². The second-order valence-corrected chi connectivity index (χ2v) is 10.9. The lowest BCUT2D eigenvalue weighted by Crippen LogP contribution is -2.14. The SMILES string of the molecule is O=C(CCCS(=O)(=O)c1ccccc1)Nc1nc(-c2ccc(Br)s2)cs1. The number of hydrogen-bond donors (Lipinski definition) is 1. The lowest BCUT2D eigenvalue weighted by atomic mass is 10.3. The molecule has 0 spiro atoms. The van der Waals surface area contributed by atoms with Gasteiger partial charge < -0.3 is 5.32 Å². The second-order valence-electron chi connectivity index (χ2n) is 5.43. The summed E-state index contributed by atoms with van der Waals surface area (Å²) < 4.78 is 25.4. The van der Waals surface area contributed by atoms with E-state index >= 15 is 0 Å². The van der Waals surface area contributed by atoms with E-state index in [0.717, 1.165) is 14.4 Å². The largest absolute Gasteiger partial charge is 0.302 e. The molecule has 0 aliphatic carbocycles. The summed E-state index contributed by atoms with van der Waals surface area (Å²) >= 11 is 6.33. The minimum Gasteiger partial charge on any atom is -0.302 e. The number of aromatic nitrogens is 1. The van der Waals surface area contributed by atoms with Crippen LogP contribution in [0.2, 0.25) is 0 Å². The van der Waals surface area contributed by atoms with Crippen LogP contribution in [0, 0.1) is 0 Å². The average Bonchev–Trinajstić information content (AvgIpc) is 3.24. The minimum absolute atomic E-state index is 0.0588. The summed E-state index contributed by atoms with van der Waals surface area (Å²) in [6.45, 7) is 0. The third kappa shape index (κ3) is 5.00. The van der Waals surface area contributed by atoms with Crippen molar-refractivity contribution >= 4 is 59.5 Å². The molecule has 1 amide bonds. The quantitative estimate of drug-likeness (QED) is 0.536. The van der Waals surface area contributed by atoms with Crippen LogP contribution in [0.1, 0.15) is 12.8 Å². The van der Waals surface area contributed by atoms with Crippen molar-refractivity contribution in [2.45, 2.75) is 17.7 Å². The van der Waals surface area contributed by atoms with Crippen molar-refractivity contribution in [3.05, 3.63) is 51.6 Å². The van der Waals surface area contributed by atoms with Gasteiger partial charge in [-0.2, -0.15) is 0 Å². The third-order valence-electron chi connectivity index (χ3n) is 3.50. The zero-order valence-electron chi connectivity index (χ0n) is 13.5. The molecule has 1 N–H and O–H groups in total. The first-order chi connectivity index (χ1) is 12.4. The number of hydrogen-bond acceptors (Lipinski definition) is 6. The van der Waals surface area contributed by atoms with Crippen molar-refractivity contribution in [2.24, 2.45) is 0 Å². The third-order valence-corrected chi connectivity index (χ3v) is 7.72. The zero-order valence-corrected chi connectivity index (χ0v) is 17.6. The van der Waals surface area contributed by atoms with E-state index in [1.807, 2.05) is 17.5 Å². The molecule has 3 rings (SSSR count). The molecule has 0 saturated carbocycles. The van der Waals surface area contributed by atoms with Crippen molar-refractivity contribution in [1.29, 1.82) is 0 Å². The summed E-state index contributed by atoms with van der Waals surface area (Å²) in [4.78, 5) is 17.7. The minimum atomic E-state index is -3.35. The van der Waals surface area contributed by atoms with Crippen molar-refractivity contribution < 1.29 is 13.2 Å². The highest BCUT2D eigenvalue weighted by molar-refractivity contribution is 9.11. The number of halogens is 1. The van der Waals surface area contributed by atoms with Crippen LogP contribution in [-0.4, -0.2) is 25.1 Å². The van der Waals surface area contributed by atoms with E-state index in [4.69, 9.17) is 0 Å². The Morgan fingerprint density at radius 2 is 1.92 bits per heavy atom. The normalized spacial score (nSPS) is 11.4. The fourth-order valence-corrected chi connectivity index (χ4v) is 5.73. The van der Waals surface area contributed by atoms with E-state index in [0.29, 0.717) is 5.13 Å². The Morgan fingerprint density at radius 1 is 1.15 bits per heavy atom. The highest BCUT2D eigenvalue weighted by atomic mass is 79.9. The fraction of sp³-hybridized carbons (Fsp3) is 0.176. The molecule has 0 aliphatic heterocycles. The van der Waals surface area contributed by atoms with Gasteiger partial charge in [0.1, 0.15) is 0 Å². The van der Waals surface area contributed by atoms with Crippen LogP contribution in [0.3, 0.4) is 0 Å². The van der Waals surface area contributed by atoms with Gasteiger partial charge in [-0.05, 0) is 46.6 Å². The van der Waals surface area contributed by atoms with Gasteiger partial charge in [-0.1, -0.05) is 18.2 Å². The predicted octanol–water partition coefficient (Wildman–Crippen LogP) is 4.83. The van der Waals surface area contributed by atoms with E-state index in [2.05, 4.69) is 26.2 Å². The Labute approximate surface area is 168 Å². The standard InChI is InChI=1S/C17H15BrN2O3S3/c18-15-9-8-14(25-15)13-11-24-17(19-13)20-16(21)7-4-10-26(22,23)12-5-2-1-3-6-12/h1-3,5-6,8-9,11H,4,7,10H2,(H,19,20,21). The number of carbonyl (C=O) groups is 1. The van der Waals surface area contributed by atoms with Crippen LogP contribution in [0.4, 0.5) is 5.13 Å². The van der Waals surface area contributed by atoms with Gasteiger partial charge in [0, 0.05) is 11.8 Å². The van der Waals surface area contributed by atoms with Gasteiger partial charge in [-0.3, -0.25) is 4.79 Å². The number of thiazole rings is 1. The lowest BCUT2D eigenvalue weighted by Gasteiger charge is -2.04. The van der Waals surface area contributed by atoms with Gasteiger partial charge >= 0.3 is 0 Å². The maximum atomic E-state index is 12.2. The summed E-state index contributed by atoms with van der Waals surface area (Å²) in [6.07, 6.45) is 0.394. The highest BCUT2D eigenvalue weighted by Crippen LogP contribution is 2.33. The predicted molar refractivity (Wildman–Crippen MR) is 109 cm³/mol. The van der Waals surface area contributed by atoms with Crippen molar-refractivity contribution in [3.8, 4) is 10.6 Å². The van der Waals surface area contributed by atoms with Crippen LogP contribution in [-0.2, 0) is 14.6 Å². The molecule has 0 radical (unpaired) electrons.